The molecule has 1 aliphatic carbocycles. The number of aryl methyl sites for hydroxylation is 3. The predicted molar refractivity (Wildman–Crippen MR) is 84.9 cm³/mol. The van der Waals surface area contributed by atoms with Crippen molar-refractivity contribution in [2.24, 2.45) is 0 Å². The summed E-state index contributed by atoms with van der Waals surface area (Å²) in [5.74, 6) is 0.271. The number of fused-ring (bicyclic) bond motifs is 1. The highest BCUT2D eigenvalue weighted by atomic mass is 16.5. The summed E-state index contributed by atoms with van der Waals surface area (Å²) >= 11 is 0. The van der Waals surface area contributed by atoms with Crippen molar-refractivity contribution in [1.82, 2.24) is 20.2 Å². The molecule has 23 heavy (non-hydrogen) atoms. The summed E-state index contributed by atoms with van der Waals surface area (Å²) in [6, 6.07) is 5.87. The van der Waals surface area contributed by atoms with Crippen molar-refractivity contribution in [2.45, 2.75) is 58.6 Å². The van der Waals surface area contributed by atoms with Crippen LogP contribution in [0.3, 0.4) is 0 Å². The van der Waals surface area contributed by atoms with E-state index >= 15 is 0 Å². The van der Waals surface area contributed by atoms with Crippen LogP contribution in [0.25, 0.3) is 0 Å². The van der Waals surface area contributed by atoms with Gasteiger partial charge in [0.2, 0.25) is 0 Å². The van der Waals surface area contributed by atoms with Gasteiger partial charge < -0.3 is 4.74 Å². The largest absolute Gasteiger partial charge is 0.454 e. The van der Waals surface area contributed by atoms with Crippen molar-refractivity contribution in [1.29, 1.82) is 0 Å². The summed E-state index contributed by atoms with van der Waals surface area (Å²) in [7, 11) is 0. The van der Waals surface area contributed by atoms with E-state index in [-0.39, 0.29) is 12.6 Å². The van der Waals surface area contributed by atoms with Gasteiger partial charge in [0.1, 0.15) is 0 Å². The van der Waals surface area contributed by atoms with E-state index in [0.717, 1.165) is 32.2 Å². The highest BCUT2D eigenvalue weighted by molar-refractivity contribution is 5.89. The molecular formula is C17H22N4O2. The number of benzene rings is 1. The van der Waals surface area contributed by atoms with Crippen molar-refractivity contribution in [3.63, 3.8) is 0 Å². The highest BCUT2D eigenvalue weighted by Crippen LogP contribution is 2.22. The molecule has 0 amide bonds. The van der Waals surface area contributed by atoms with Gasteiger partial charge in [-0.2, -0.15) is 0 Å². The fourth-order valence-electron chi connectivity index (χ4n) is 2.88. The zero-order chi connectivity index (χ0) is 16.1. The fourth-order valence-corrected chi connectivity index (χ4v) is 2.88. The first kappa shape index (κ1) is 15.6. The maximum absolute atomic E-state index is 12.3. The van der Waals surface area contributed by atoms with E-state index in [1.54, 1.807) is 4.68 Å². The second-order valence-corrected chi connectivity index (χ2v) is 5.94. The summed E-state index contributed by atoms with van der Waals surface area (Å²) in [5.41, 5.74) is 3.24. The minimum atomic E-state index is -0.316. The van der Waals surface area contributed by atoms with Crippen LogP contribution >= 0.6 is 0 Å². The number of nitrogens with zero attached hydrogens (tertiary/aromatic N) is 4. The van der Waals surface area contributed by atoms with Gasteiger partial charge in [-0.05, 0) is 65.8 Å². The number of carbonyl (C=O) groups is 1. The Morgan fingerprint density at radius 1 is 1.26 bits per heavy atom. The minimum absolute atomic E-state index is 0.104. The first-order chi connectivity index (χ1) is 11.3. The molecule has 1 aliphatic rings. The van der Waals surface area contributed by atoms with Crippen molar-refractivity contribution in [3.8, 4) is 0 Å². The molecule has 0 unspecified atom stereocenters. The van der Waals surface area contributed by atoms with Gasteiger partial charge in [-0.1, -0.05) is 19.4 Å². The molecule has 3 rings (SSSR count). The standard InChI is InChI=1S/C17H22N4O2/c1-2-3-10-21-16(18-19-20-21)12-23-17(22)15-9-8-13-6-4-5-7-14(13)11-15/h8-9,11H,2-7,10,12H2,1H3. The molecule has 6 heteroatoms. The molecule has 0 N–H and O–H groups in total. The van der Waals surface area contributed by atoms with Crippen LogP contribution in [-0.2, 0) is 30.7 Å². The van der Waals surface area contributed by atoms with E-state index in [0.29, 0.717) is 11.4 Å². The van der Waals surface area contributed by atoms with E-state index in [1.165, 1.54) is 24.0 Å². The number of tetrazole rings is 1. The Labute approximate surface area is 135 Å². The SMILES string of the molecule is CCCCn1nnnc1COC(=O)c1ccc2c(c1)CCCC2. The molecule has 2 aromatic rings. The molecule has 1 aromatic heterocycles. The van der Waals surface area contributed by atoms with E-state index in [1.807, 2.05) is 12.1 Å². The molecule has 122 valence electrons. The fraction of sp³-hybridized carbons (Fsp3) is 0.529. The summed E-state index contributed by atoms with van der Waals surface area (Å²) in [6.07, 6.45) is 6.64. The molecule has 0 saturated heterocycles. The maximum atomic E-state index is 12.3. The molecule has 6 nitrogen and oxygen atoms in total. The third kappa shape index (κ3) is 3.75. The third-order valence-electron chi connectivity index (χ3n) is 4.25. The number of hydrogen-bond acceptors (Lipinski definition) is 5. The minimum Gasteiger partial charge on any atom is -0.454 e. The van der Waals surface area contributed by atoms with Gasteiger partial charge in [0.05, 0.1) is 5.56 Å². The van der Waals surface area contributed by atoms with Crippen LogP contribution in [0.4, 0.5) is 0 Å². The Morgan fingerprint density at radius 2 is 2.09 bits per heavy atom. The molecule has 0 fully saturated rings. The number of aromatic nitrogens is 4. The Morgan fingerprint density at radius 3 is 2.91 bits per heavy atom. The Bertz CT molecular complexity index is 681. The summed E-state index contributed by atoms with van der Waals surface area (Å²) in [4.78, 5) is 12.3. The normalized spacial score (nSPS) is 13.6. The first-order valence-corrected chi connectivity index (χ1v) is 8.32. The van der Waals surface area contributed by atoms with Gasteiger partial charge in [0, 0.05) is 6.54 Å². The molecule has 1 heterocycles. The van der Waals surface area contributed by atoms with E-state index < -0.39 is 0 Å². The number of carbonyl (C=O) groups excluding carboxylic acids is 1. The second kappa shape index (κ2) is 7.35. The lowest BCUT2D eigenvalue weighted by molar-refractivity contribution is 0.0456. The van der Waals surface area contributed by atoms with E-state index in [4.69, 9.17) is 4.74 Å². The van der Waals surface area contributed by atoms with Crippen molar-refractivity contribution >= 4 is 5.97 Å². The van der Waals surface area contributed by atoms with E-state index in [9.17, 15) is 4.79 Å². The van der Waals surface area contributed by atoms with Crippen molar-refractivity contribution in [3.05, 3.63) is 40.7 Å². The molecule has 1 aromatic carbocycles. The lowest BCUT2D eigenvalue weighted by atomic mass is 9.90. The van der Waals surface area contributed by atoms with Crippen LogP contribution in [0.15, 0.2) is 18.2 Å². The van der Waals surface area contributed by atoms with Gasteiger partial charge in [-0.25, -0.2) is 9.48 Å². The Hall–Kier alpha value is -2.24. The number of hydrogen-bond donors (Lipinski definition) is 0. The summed E-state index contributed by atoms with van der Waals surface area (Å²) in [5, 5.41) is 11.5. The second-order valence-electron chi connectivity index (χ2n) is 5.94. The quantitative estimate of drug-likeness (QED) is 0.767. The smallest absolute Gasteiger partial charge is 0.338 e. The average Bonchev–Trinajstić information content (AvgIpc) is 3.04. The van der Waals surface area contributed by atoms with Gasteiger partial charge in [-0.3, -0.25) is 0 Å². The predicted octanol–water partition coefficient (Wildman–Crippen LogP) is 2.71. The third-order valence-corrected chi connectivity index (χ3v) is 4.25. The molecule has 0 atom stereocenters. The maximum Gasteiger partial charge on any atom is 0.338 e. The zero-order valence-corrected chi connectivity index (χ0v) is 13.5. The molecule has 0 bridgehead atoms. The molecule has 0 radical (unpaired) electrons. The van der Waals surface area contributed by atoms with E-state index in [2.05, 4.69) is 28.5 Å². The average molecular weight is 314 g/mol. The molecule has 0 aliphatic heterocycles. The summed E-state index contributed by atoms with van der Waals surface area (Å²) < 4.78 is 7.08. The van der Waals surface area contributed by atoms with Crippen LogP contribution in [-0.4, -0.2) is 26.2 Å². The molecule has 0 spiro atoms. The van der Waals surface area contributed by atoms with Crippen molar-refractivity contribution < 1.29 is 9.53 Å². The monoisotopic (exact) mass is 314 g/mol. The van der Waals surface area contributed by atoms with Crippen LogP contribution < -0.4 is 0 Å². The number of unbranched alkanes of at least 4 members (excludes halogenated alkanes) is 1. The van der Waals surface area contributed by atoms with Gasteiger partial charge in [-0.15, -0.1) is 5.10 Å². The Balaban J connectivity index is 1.62. The van der Waals surface area contributed by atoms with Crippen LogP contribution in [0, 0.1) is 0 Å². The van der Waals surface area contributed by atoms with Crippen LogP contribution in [0.1, 0.15) is 59.9 Å². The zero-order valence-electron chi connectivity index (χ0n) is 13.5. The lowest BCUT2D eigenvalue weighted by Gasteiger charge is -2.16. The molecule has 0 saturated carbocycles. The highest BCUT2D eigenvalue weighted by Gasteiger charge is 2.15. The number of ether oxygens (including phenoxy) is 1. The first-order valence-electron chi connectivity index (χ1n) is 8.32. The van der Waals surface area contributed by atoms with Gasteiger partial charge in [0.15, 0.2) is 12.4 Å². The van der Waals surface area contributed by atoms with Crippen LogP contribution in [0.5, 0.6) is 0 Å². The van der Waals surface area contributed by atoms with Crippen molar-refractivity contribution in [2.75, 3.05) is 0 Å². The summed E-state index contributed by atoms with van der Waals surface area (Å²) in [6.45, 7) is 2.96. The van der Waals surface area contributed by atoms with Gasteiger partial charge in [0.25, 0.3) is 0 Å². The molecular weight excluding hydrogens is 292 g/mol. The topological polar surface area (TPSA) is 69.9 Å². The Kier molecular flexibility index (Phi) is 5.00. The number of esters is 1. The van der Waals surface area contributed by atoms with Gasteiger partial charge >= 0.3 is 5.97 Å². The number of rotatable bonds is 6. The lowest BCUT2D eigenvalue weighted by Crippen LogP contribution is -2.12. The van der Waals surface area contributed by atoms with Crippen LogP contribution in [0.2, 0.25) is 0 Å².